The van der Waals surface area contributed by atoms with Crippen molar-refractivity contribution in [2.75, 3.05) is 20.2 Å². The predicted octanol–water partition coefficient (Wildman–Crippen LogP) is 1.77. The van der Waals surface area contributed by atoms with E-state index in [9.17, 15) is 14.7 Å². The Hall–Kier alpha value is -2.08. The molecule has 1 aliphatic heterocycles. The van der Waals surface area contributed by atoms with E-state index in [4.69, 9.17) is 9.84 Å². The van der Waals surface area contributed by atoms with Crippen molar-refractivity contribution < 1.29 is 24.5 Å². The maximum Gasteiger partial charge on any atom is 0.335 e. The van der Waals surface area contributed by atoms with Crippen molar-refractivity contribution in [3.05, 3.63) is 29.3 Å². The number of aromatic carboxylic acids is 1. The first-order valence-corrected chi connectivity index (χ1v) is 7.26. The van der Waals surface area contributed by atoms with Gasteiger partial charge in [0, 0.05) is 18.7 Å². The highest BCUT2D eigenvalue weighted by atomic mass is 16.5. The van der Waals surface area contributed by atoms with Crippen LogP contribution in [-0.2, 0) is 0 Å². The number of carbonyl (C=O) groups excluding carboxylic acids is 1. The molecule has 6 nitrogen and oxygen atoms in total. The summed E-state index contributed by atoms with van der Waals surface area (Å²) in [5.74, 6) is -1.00. The molecule has 0 aromatic heterocycles. The van der Waals surface area contributed by atoms with Crippen molar-refractivity contribution in [1.29, 1.82) is 0 Å². The monoisotopic (exact) mass is 307 g/mol. The standard InChI is InChI=1S/C16H21NO5/c1-16(21)4-3-6-17(7-5-16)14(18)11-8-12(15(19)20)10-13(9-11)22-2/h8-10,21H,3-7H2,1-2H3,(H,19,20)/t16-/m1/s1. The zero-order valence-electron chi connectivity index (χ0n) is 12.8. The van der Waals surface area contributed by atoms with Crippen molar-refractivity contribution in [3.8, 4) is 5.75 Å². The molecule has 120 valence electrons. The Balaban J connectivity index is 2.25. The highest BCUT2D eigenvalue weighted by Crippen LogP contribution is 2.24. The number of carboxylic acids is 1. The molecule has 6 heteroatoms. The Labute approximate surface area is 129 Å². The van der Waals surface area contributed by atoms with Crippen LogP contribution in [0.2, 0.25) is 0 Å². The number of amides is 1. The zero-order valence-corrected chi connectivity index (χ0v) is 12.8. The summed E-state index contributed by atoms with van der Waals surface area (Å²) in [6, 6.07) is 4.28. The van der Waals surface area contributed by atoms with Gasteiger partial charge in [-0.25, -0.2) is 4.79 Å². The first-order valence-electron chi connectivity index (χ1n) is 7.26. The summed E-state index contributed by atoms with van der Waals surface area (Å²) in [7, 11) is 1.43. The zero-order chi connectivity index (χ0) is 16.3. The number of hydrogen-bond donors (Lipinski definition) is 2. The van der Waals surface area contributed by atoms with Crippen LogP contribution in [0.5, 0.6) is 5.75 Å². The predicted molar refractivity (Wildman–Crippen MR) is 80.3 cm³/mol. The SMILES string of the molecule is COc1cc(C(=O)O)cc(C(=O)N2CCC[C@@](C)(O)CC2)c1. The van der Waals surface area contributed by atoms with E-state index >= 15 is 0 Å². The summed E-state index contributed by atoms with van der Waals surface area (Å²) in [6.45, 7) is 2.77. The average Bonchev–Trinajstić information content (AvgIpc) is 2.66. The molecular formula is C16H21NO5. The van der Waals surface area contributed by atoms with Crippen LogP contribution in [0.4, 0.5) is 0 Å². The maximum atomic E-state index is 12.6. The molecule has 1 heterocycles. The summed E-state index contributed by atoms with van der Waals surface area (Å²) < 4.78 is 5.07. The van der Waals surface area contributed by atoms with Crippen LogP contribution in [0.3, 0.4) is 0 Å². The molecule has 22 heavy (non-hydrogen) atoms. The van der Waals surface area contributed by atoms with Crippen LogP contribution < -0.4 is 4.74 Å². The summed E-state index contributed by atoms with van der Waals surface area (Å²) in [5.41, 5.74) is -0.446. The van der Waals surface area contributed by atoms with E-state index in [0.717, 1.165) is 0 Å². The average molecular weight is 307 g/mol. The molecular weight excluding hydrogens is 286 g/mol. The van der Waals surface area contributed by atoms with Crippen LogP contribution >= 0.6 is 0 Å². The van der Waals surface area contributed by atoms with E-state index < -0.39 is 11.6 Å². The number of methoxy groups -OCH3 is 1. The fourth-order valence-electron chi connectivity index (χ4n) is 2.61. The van der Waals surface area contributed by atoms with Crippen LogP contribution in [-0.4, -0.2) is 52.8 Å². The van der Waals surface area contributed by atoms with Gasteiger partial charge in [-0.05, 0) is 44.4 Å². The van der Waals surface area contributed by atoms with Gasteiger partial charge in [-0.2, -0.15) is 0 Å². The maximum absolute atomic E-state index is 12.6. The highest BCUT2D eigenvalue weighted by molar-refractivity contribution is 5.98. The second-order valence-electron chi connectivity index (χ2n) is 5.90. The fourth-order valence-corrected chi connectivity index (χ4v) is 2.61. The normalized spacial score (nSPS) is 22.0. The third-order valence-corrected chi connectivity index (χ3v) is 3.99. The lowest BCUT2D eigenvalue weighted by molar-refractivity contribution is 0.0437. The second-order valence-corrected chi connectivity index (χ2v) is 5.90. The van der Waals surface area contributed by atoms with E-state index in [-0.39, 0.29) is 11.5 Å². The third kappa shape index (κ3) is 3.76. The molecule has 0 aliphatic carbocycles. The molecule has 1 aliphatic rings. The molecule has 1 fully saturated rings. The molecule has 0 unspecified atom stereocenters. The Morgan fingerprint density at radius 3 is 2.50 bits per heavy atom. The van der Waals surface area contributed by atoms with Crippen molar-refractivity contribution in [2.45, 2.75) is 31.8 Å². The Morgan fingerprint density at radius 1 is 1.18 bits per heavy atom. The number of carbonyl (C=O) groups is 2. The number of rotatable bonds is 3. The molecule has 0 bridgehead atoms. The van der Waals surface area contributed by atoms with E-state index in [0.29, 0.717) is 43.7 Å². The highest BCUT2D eigenvalue weighted by Gasteiger charge is 2.28. The lowest BCUT2D eigenvalue weighted by atomic mass is 9.98. The van der Waals surface area contributed by atoms with Crippen LogP contribution in [0.25, 0.3) is 0 Å². The molecule has 1 aromatic carbocycles. The smallest absolute Gasteiger partial charge is 0.335 e. The Morgan fingerprint density at radius 2 is 1.86 bits per heavy atom. The molecule has 2 N–H and O–H groups in total. The first-order chi connectivity index (χ1) is 10.3. The summed E-state index contributed by atoms with van der Waals surface area (Å²) >= 11 is 0. The Kier molecular flexibility index (Phi) is 4.71. The summed E-state index contributed by atoms with van der Waals surface area (Å²) in [6.07, 6.45) is 1.87. The number of benzene rings is 1. The van der Waals surface area contributed by atoms with Gasteiger partial charge in [0.25, 0.3) is 5.91 Å². The summed E-state index contributed by atoms with van der Waals surface area (Å²) in [5, 5.41) is 19.2. The van der Waals surface area contributed by atoms with Gasteiger partial charge in [0.2, 0.25) is 0 Å². The van der Waals surface area contributed by atoms with E-state index in [1.165, 1.54) is 25.3 Å². The minimum absolute atomic E-state index is 0.0181. The Bertz CT molecular complexity index is 582. The van der Waals surface area contributed by atoms with Crippen LogP contribution in [0, 0.1) is 0 Å². The molecule has 1 amide bonds. The lowest BCUT2D eigenvalue weighted by Crippen LogP contribution is -2.33. The number of ether oxygens (including phenoxy) is 1. The number of aliphatic hydroxyl groups is 1. The second kappa shape index (κ2) is 6.36. The molecule has 0 spiro atoms. The minimum atomic E-state index is -1.10. The third-order valence-electron chi connectivity index (χ3n) is 3.99. The molecule has 0 saturated carbocycles. The lowest BCUT2D eigenvalue weighted by Gasteiger charge is -2.23. The molecule has 2 rings (SSSR count). The van der Waals surface area contributed by atoms with Gasteiger partial charge in [0.05, 0.1) is 18.3 Å². The van der Waals surface area contributed by atoms with Gasteiger partial charge in [0.1, 0.15) is 5.75 Å². The van der Waals surface area contributed by atoms with Crippen molar-refractivity contribution in [2.24, 2.45) is 0 Å². The summed E-state index contributed by atoms with van der Waals surface area (Å²) in [4.78, 5) is 25.4. The number of likely N-dealkylation sites (tertiary alicyclic amines) is 1. The van der Waals surface area contributed by atoms with Gasteiger partial charge in [-0.15, -0.1) is 0 Å². The van der Waals surface area contributed by atoms with Crippen LogP contribution in [0.1, 0.15) is 46.9 Å². The van der Waals surface area contributed by atoms with Gasteiger partial charge in [-0.1, -0.05) is 0 Å². The van der Waals surface area contributed by atoms with Crippen molar-refractivity contribution >= 4 is 11.9 Å². The van der Waals surface area contributed by atoms with Crippen molar-refractivity contribution in [3.63, 3.8) is 0 Å². The first kappa shape index (κ1) is 16.3. The fraction of sp³-hybridized carbons (Fsp3) is 0.500. The van der Waals surface area contributed by atoms with Gasteiger partial charge in [0.15, 0.2) is 0 Å². The molecule has 1 atom stereocenters. The van der Waals surface area contributed by atoms with Gasteiger partial charge < -0.3 is 19.8 Å². The van der Waals surface area contributed by atoms with Crippen LogP contribution in [0.15, 0.2) is 18.2 Å². The van der Waals surface area contributed by atoms with E-state index in [2.05, 4.69) is 0 Å². The number of nitrogens with zero attached hydrogens (tertiary/aromatic N) is 1. The largest absolute Gasteiger partial charge is 0.497 e. The molecule has 1 saturated heterocycles. The van der Waals surface area contributed by atoms with Crippen molar-refractivity contribution in [1.82, 2.24) is 4.90 Å². The topological polar surface area (TPSA) is 87.1 Å². The minimum Gasteiger partial charge on any atom is -0.497 e. The quantitative estimate of drug-likeness (QED) is 0.888. The van der Waals surface area contributed by atoms with Gasteiger partial charge in [-0.3, -0.25) is 4.79 Å². The van der Waals surface area contributed by atoms with Gasteiger partial charge >= 0.3 is 5.97 Å². The molecule has 1 aromatic rings. The van der Waals surface area contributed by atoms with E-state index in [1.54, 1.807) is 11.8 Å². The number of carboxylic acid groups (broad SMARTS) is 1. The molecule has 0 radical (unpaired) electrons. The van der Waals surface area contributed by atoms with E-state index in [1.807, 2.05) is 0 Å². The number of hydrogen-bond acceptors (Lipinski definition) is 4.